The van der Waals surface area contributed by atoms with E-state index in [0.717, 1.165) is 24.8 Å². The highest BCUT2D eigenvalue weighted by atomic mass is 32.2. The van der Waals surface area contributed by atoms with Gasteiger partial charge in [0.1, 0.15) is 0 Å². The Labute approximate surface area is 149 Å². The van der Waals surface area contributed by atoms with Crippen molar-refractivity contribution in [2.75, 3.05) is 23.1 Å². The Morgan fingerprint density at radius 1 is 1.24 bits per heavy atom. The highest BCUT2D eigenvalue weighted by molar-refractivity contribution is 7.93. The molecule has 6 heteroatoms. The molecule has 1 fully saturated rings. The molecule has 0 spiro atoms. The van der Waals surface area contributed by atoms with Gasteiger partial charge in [0.2, 0.25) is 15.9 Å². The van der Waals surface area contributed by atoms with Crippen molar-refractivity contribution in [1.82, 2.24) is 5.32 Å². The number of carbonyl (C=O) groups excluding carboxylic acids is 1. The summed E-state index contributed by atoms with van der Waals surface area (Å²) in [6.07, 6.45) is 11.6. The molecule has 134 valence electrons. The first kappa shape index (κ1) is 17.7. The summed E-state index contributed by atoms with van der Waals surface area (Å²) >= 11 is 0. The van der Waals surface area contributed by atoms with Crippen LogP contribution < -0.4 is 9.62 Å². The molecule has 0 bridgehead atoms. The predicted molar refractivity (Wildman–Crippen MR) is 101 cm³/mol. The Morgan fingerprint density at radius 2 is 2.04 bits per heavy atom. The third kappa shape index (κ3) is 4.72. The van der Waals surface area contributed by atoms with Gasteiger partial charge < -0.3 is 5.32 Å². The maximum atomic E-state index is 11.9. The van der Waals surface area contributed by atoms with Gasteiger partial charge in [0.25, 0.3) is 0 Å². The van der Waals surface area contributed by atoms with Crippen LogP contribution in [0.4, 0.5) is 5.69 Å². The number of nitrogens with one attached hydrogen (secondary N) is 1. The number of nitrogens with zero attached hydrogens (tertiary/aromatic N) is 1. The van der Waals surface area contributed by atoms with Crippen LogP contribution in [0.25, 0.3) is 6.08 Å². The van der Waals surface area contributed by atoms with E-state index < -0.39 is 10.0 Å². The first-order chi connectivity index (χ1) is 12.0. The van der Waals surface area contributed by atoms with Crippen LogP contribution in [0, 0.1) is 5.92 Å². The highest BCUT2D eigenvalue weighted by Crippen LogP contribution is 2.24. The van der Waals surface area contributed by atoms with Gasteiger partial charge in [-0.1, -0.05) is 24.3 Å². The molecule has 1 N–H and O–H groups in total. The van der Waals surface area contributed by atoms with Crippen LogP contribution in [0.2, 0.25) is 0 Å². The molecule has 1 unspecified atom stereocenters. The Kier molecular flexibility index (Phi) is 5.58. The van der Waals surface area contributed by atoms with Crippen molar-refractivity contribution in [2.24, 2.45) is 5.92 Å². The topological polar surface area (TPSA) is 66.5 Å². The fourth-order valence-corrected chi connectivity index (χ4v) is 4.76. The van der Waals surface area contributed by atoms with Gasteiger partial charge >= 0.3 is 0 Å². The summed E-state index contributed by atoms with van der Waals surface area (Å²) < 4.78 is 25.3. The van der Waals surface area contributed by atoms with Crippen LogP contribution in [-0.4, -0.2) is 33.2 Å². The third-order valence-electron chi connectivity index (χ3n) is 4.65. The Balaban J connectivity index is 1.53. The Hall–Kier alpha value is -2.08. The van der Waals surface area contributed by atoms with E-state index in [-0.39, 0.29) is 11.7 Å². The fraction of sp³-hybridized carbons (Fsp3) is 0.421. The number of sulfonamides is 1. The van der Waals surface area contributed by atoms with E-state index in [4.69, 9.17) is 0 Å². The van der Waals surface area contributed by atoms with Gasteiger partial charge in [0, 0.05) is 19.2 Å². The molecule has 25 heavy (non-hydrogen) atoms. The summed E-state index contributed by atoms with van der Waals surface area (Å²) in [5.41, 5.74) is 1.56. The third-order valence-corrected chi connectivity index (χ3v) is 6.52. The lowest BCUT2D eigenvalue weighted by Gasteiger charge is -2.17. The molecule has 0 radical (unpaired) electrons. The molecule has 1 aromatic carbocycles. The van der Waals surface area contributed by atoms with Crippen molar-refractivity contribution in [3.63, 3.8) is 0 Å². The molecule has 1 aliphatic carbocycles. The first-order valence-electron chi connectivity index (χ1n) is 8.76. The van der Waals surface area contributed by atoms with Gasteiger partial charge in [-0.3, -0.25) is 9.10 Å². The summed E-state index contributed by atoms with van der Waals surface area (Å²) in [6.45, 7) is 1.25. The molecule has 1 saturated heterocycles. The van der Waals surface area contributed by atoms with Crippen molar-refractivity contribution in [1.29, 1.82) is 0 Å². The number of benzene rings is 1. The van der Waals surface area contributed by atoms with E-state index in [1.54, 1.807) is 18.2 Å². The van der Waals surface area contributed by atoms with Crippen molar-refractivity contribution in [3.8, 4) is 0 Å². The minimum atomic E-state index is -3.15. The van der Waals surface area contributed by atoms with Crippen LogP contribution in [0.5, 0.6) is 0 Å². The summed E-state index contributed by atoms with van der Waals surface area (Å²) in [4.78, 5) is 11.9. The zero-order valence-corrected chi connectivity index (χ0v) is 15.0. The number of hydrogen-bond donors (Lipinski definition) is 1. The number of anilines is 1. The maximum absolute atomic E-state index is 11.9. The maximum Gasteiger partial charge on any atom is 0.244 e. The number of carbonyl (C=O) groups is 1. The second-order valence-electron chi connectivity index (χ2n) is 6.56. The number of amides is 1. The minimum Gasteiger partial charge on any atom is -0.352 e. The fourth-order valence-electron chi connectivity index (χ4n) is 3.20. The number of rotatable bonds is 5. The Morgan fingerprint density at radius 3 is 2.68 bits per heavy atom. The first-order valence-corrected chi connectivity index (χ1v) is 10.4. The summed E-state index contributed by atoms with van der Waals surface area (Å²) in [6, 6.07) is 7.24. The average Bonchev–Trinajstić information content (AvgIpc) is 2.98. The second kappa shape index (κ2) is 7.87. The lowest BCUT2D eigenvalue weighted by molar-refractivity contribution is -0.116. The van der Waals surface area contributed by atoms with E-state index in [2.05, 4.69) is 17.5 Å². The van der Waals surface area contributed by atoms with Gasteiger partial charge in [-0.05, 0) is 55.4 Å². The van der Waals surface area contributed by atoms with Gasteiger partial charge in [0.05, 0.1) is 11.4 Å². The molecule has 1 aliphatic heterocycles. The van der Waals surface area contributed by atoms with Gasteiger partial charge in [-0.15, -0.1) is 0 Å². The van der Waals surface area contributed by atoms with E-state index in [0.29, 0.717) is 31.1 Å². The predicted octanol–water partition coefficient (Wildman–Crippen LogP) is 2.71. The minimum absolute atomic E-state index is 0.0965. The van der Waals surface area contributed by atoms with Crippen LogP contribution in [0.15, 0.2) is 42.5 Å². The standard InChI is InChI=1S/C19H24N2O3S/c22-19(20-15-17-5-2-1-3-6-17)12-9-16-7-10-18(11-8-16)21-13-4-14-25(21,23)24/h1-2,7-12,17H,3-6,13-15H2,(H,20,22)/b12-9+. The summed E-state index contributed by atoms with van der Waals surface area (Å²) in [5, 5.41) is 2.94. The van der Waals surface area contributed by atoms with Crippen LogP contribution in [-0.2, 0) is 14.8 Å². The number of allylic oxidation sites excluding steroid dienone is 2. The smallest absolute Gasteiger partial charge is 0.244 e. The normalized spacial score (nSPS) is 22.4. The largest absolute Gasteiger partial charge is 0.352 e. The average molecular weight is 360 g/mol. The van der Waals surface area contributed by atoms with E-state index in [9.17, 15) is 13.2 Å². The van der Waals surface area contributed by atoms with Crippen molar-refractivity contribution in [3.05, 3.63) is 48.1 Å². The lowest BCUT2D eigenvalue weighted by atomic mass is 9.94. The monoisotopic (exact) mass is 360 g/mol. The van der Waals surface area contributed by atoms with Crippen molar-refractivity contribution >= 4 is 27.7 Å². The summed E-state index contributed by atoms with van der Waals surface area (Å²) in [5.74, 6) is 0.649. The molecule has 5 nitrogen and oxygen atoms in total. The second-order valence-corrected chi connectivity index (χ2v) is 8.58. The lowest BCUT2D eigenvalue weighted by Crippen LogP contribution is -2.28. The zero-order chi connectivity index (χ0) is 17.7. The van der Waals surface area contributed by atoms with Crippen LogP contribution >= 0.6 is 0 Å². The summed E-state index contributed by atoms with van der Waals surface area (Å²) in [7, 11) is -3.15. The molecule has 1 atom stereocenters. The molecular formula is C19H24N2O3S. The molecule has 0 aromatic heterocycles. The molecule has 1 heterocycles. The van der Waals surface area contributed by atoms with E-state index in [1.807, 2.05) is 12.1 Å². The quantitative estimate of drug-likeness (QED) is 0.648. The Bertz CT molecular complexity index is 766. The van der Waals surface area contributed by atoms with Crippen molar-refractivity contribution in [2.45, 2.75) is 25.7 Å². The molecule has 2 aliphatic rings. The van der Waals surface area contributed by atoms with Crippen LogP contribution in [0.1, 0.15) is 31.2 Å². The van der Waals surface area contributed by atoms with E-state index >= 15 is 0 Å². The highest BCUT2D eigenvalue weighted by Gasteiger charge is 2.28. The van der Waals surface area contributed by atoms with Crippen molar-refractivity contribution < 1.29 is 13.2 Å². The van der Waals surface area contributed by atoms with Gasteiger partial charge in [-0.25, -0.2) is 8.42 Å². The molecule has 0 saturated carbocycles. The van der Waals surface area contributed by atoms with Crippen LogP contribution in [0.3, 0.4) is 0 Å². The van der Waals surface area contributed by atoms with Gasteiger partial charge in [0.15, 0.2) is 0 Å². The molecular weight excluding hydrogens is 336 g/mol. The van der Waals surface area contributed by atoms with E-state index in [1.165, 1.54) is 10.4 Å². The molecule has 1 amide bonds. The SMILES string of the molecule is O=C(/C=C/c1ccc(N2CCCS2(=O)=O)cc1)NCC1CC=CCC1. The number of hydrogen-bond acceptors (Lipinski definition) is 3. The molecule has 1 aromatic rings. The zero-order valence-electron chi connectivity index (χ0n) is 14.2. The molecule has 3 rings (SSSR count). The van der Waals surface area contributed by atoms with Gasteiger partial charge in [-0.2, -0.15) is 0 Å².